The molecule has 0 amide bonds. The zero-order valence-corrected chi connectivity index (χ0v) is 5.04. The minimum Gasteiger partial charge on any atom is -0.462 e. The summed E-state index contributed by atoms with van der Waals surface area (Å²) in [5.74, 6) is -0.0613. The molecule has 2 fully saturated rings. The van der Waals surface area contributed by atoms with Gasteiger partial charge in [-0.05, 0) is 6.42 Å². The lowest BCUT2D eigenvalue weighted by molar-refractivity contribution is -0.148. The highest BCUT2D eigenvalue weighted by atomic mass is 16.6. The van der Waals surface area contributed by atoms with Gasteiger partial charge in [0.05, 0.1) is 5.92 Å². The molecule has 50 valence electrons. The van der Waals surface area contributed by atoms with Crippen LogP contribution in [0.5, 0.6) is 0 Å². The molecule has 0 aromatic carbocycles. The van der Waals surface area contributed by atoms with Gasteiger partial charge >= 0.3 is 5.97 Å². The number of rotatable bonds is 0. The highest BCUT2D eigenvalue weighted by molar-refractivity contribution is 5.76. The van der Waals surface area contributed by atoms with Crippen molar-refractivity contribution in [2.24, 2.45) is 11.7 Å². The maximum atomic E-state index is 10.7. The Bertz CT molecular complexity index is 157. The molecule has 1 heterocycles. The van der Waals surface area contributed by atoms with Crippen molar-refractivity contribution in [1.29, 1.82) is 0 Å². The van der Waals surface area contributed by atoms with E-state index in [9.17, 15) is 4.79 Å². The molecule has 3 nitrogen and oxygen atoms in total. The van der Waals surface area contributed by atoms with E-state index in [4.69, 9.17) is 10.5 Å². The minimum atomic E-state index is -0.0845. The van der Waals surface area contributed by atoms with Gasteiger partial charge in [0, 0.05) is 12.5 Å². The highest BCUT2D eigenvalue weighted by Crippen LogP contribution is 2.34. The molecule has 2 rings (SSSR count). The minimum absolute atomic E-state index is 0.0231. The lowest BCUT2D eigenvalue weighted by atomic mass is 10.1. The largest absolute Gasteiger partial charge is 0.462 e. The second-order valence-corrected chi connectivity index (χ2v) is 2.80. The average Bonchev–Trinajstić information content (AvgIpc) is 2.22. The molecule has 1 aliphatic heterocycles. The van der Waals surface area contributed by atoms with Crippen molar-refractivity contribution in [2.45, 2.75) is 25.0 Å². The number of carbonyl (C=O) groups excluding carboxylic acids is 1. The number of carbonyl (C=O) groups is 1. The van der Waals surface area contributed by atoms with Crippen molar-refractivity contribution in [3.05, 3.63) is 0 Å². The first kappa shape index (κ1) is 5.23. The summed E-state index contributed by atoms with van der Waals surface area (Å²) in [6.45, 7) is 0. The Morgan fingerprint density at radius 2 is 2.33 bits per heavy atom. The van der Waals surface area contributed by atoms with Crippen LogP contribution in [0.4, 0.5) is 0 Å². The maximum Gasteiger partial charge on any atom is 0.310 e. The third-order valence-electron chi connectivity index (χ3n) is 2.15. The van der Waals surface area contributed by atoms with Crippen LogP contribution in [0.15, 0.2) is 0 Å². The Morgan fingerprint density at radius 3 is 2.67 bits per heavy atom. The van der Waals surface area contributed by atoms with Gasteiger partial charge in [0.1, 0.15) is 6.10 Å². The van der Waals surface area contributed by atoms with Crippen LogP contribution < -0.4 is 5.73 Å². The van der Waals surface area contributed by atoms with Gasteiger partial charge < -0.3 is 10.5 Å². The molecule has 0 aromatic heterocycles. The Balaban J connectivity index is 2.21. The van der Waals surface area contributed by atoms with E-state index in [0.717, 1.165) is 12.8 Å². The second kappa shape index (κ2) is 1.48. The van der Waals surface area contributed by atoms with E-state index in [0.29, 0.717) is 0 Å². The molecule has 0 spiro atoms. The fourth-order valence-corrected chi connectivity index (χ4v) is 1.64. The highest BCUT2D eigenvalue weighted by Gasteiger charge is 2.45. The van der Waals surface area contributed by atoms with E-state index < -0.39 is 0 Å². The third-order valence-corrected chi connectivity index (χ3v) is 2.15. The zero-order chi connectivity index (χ0) is 6.43. The molecule has 2 aliphatic rings. The summed E-state index contributed by atoms with van der Waals surface area (Å²) in [6.07, 6.45) is 1.88. The smallest absolute Gasteiger partial charge is 0.310 e. The second-order valence-electron chi connectivity index (χ2n) is 2.80. The fraction of sp³-hybridized carbons (Fsp3) is 0.833. The number of hydrogen-bond donors (Lipinski definition) is 1. The van der Waals surface area contributed by atoms with Crippen molar-refractivity contribution in [2.75, 3.05) is 0 Å². The van der Waals surface area contributed by atoms with Crippen LogP contribution >= 0.6 is 0 Å². The van der Waals surface area contributed by atoms with Crippen molar-refractivity contribution in [3.63, 3.8) is 0 Å². The molecule has 3 heteroatoms. The number of hydrogen-bond acceptors (Lipinski definition) is 3. The molecule has 3 unspecified atom stereocenters. The number of nitrogens with two attached hydrogens (primary N) is 1. The van der Waals surface area contributed by atoms with Crippen molar-refractivity contribution >= 4 is 5.97 Å². The standard InChI is InChI=1S/C6H9NO2/c7-5-2-3-1-4(5)6(8)9-3/h3-5H,1-2,7H2. The predicted molar refractivity (Wildman–Crippen MR) is 30.6 cm³/mol. The van der Waals surface area contributed by atoms with E-state index in [1.807, 2.05) is 0 Å². The predicted octanol–water partition coefficient (Wildman–Crippen LogP) is -0.351. The number of ether oxygens (including phenoxy) is 1. The molecule has 0 radical (unpaired) electrons. The molecular weight excluding hydrogens is 118 g/mol. The summed E-state index contributed by atoms with van der Waals surface area (Å²) in [7, 11) is 0. The van der Waals surface area contributed by atoms with Gasteiger partial charge in [-0.2, -0.15) is 0 Å². The van der Waals surface area contributed by atoms with E-state index in [2.05, 4.69) is 0 Å². The summed E-state index contributed by atoms with van der Waals surface area (Å²) in [6, 6.07) is 0.0799. The summed E-state index contributed by atoms with van der Waals surface area (Å²) < 4.78 is 4.91. The van der Waals surface area contributed by atoms with Gasteiger partial charge in [0.25, 0.3) is 0 Å². The molecule has 2 N–H and O–H groups in total. The van der Waals surface area contributed by atoms with Crippen LogP contribution in [0.25, 0.3) is 0 Å². The first-order valence-electron chi connectivity index (χ1n) is 3.23. The molecule has 9 heavy (non-hydrogen) atoms. The first-order valence-corrected chi connectivity index (χ1v) is 3.23. The number of esters is 1. The van der Waals surface area contributed by atoms with Crippen molar-refractivity contribution in [3.8, 4) is 0 Å². The summed E-state index contributed by atoms with van der Waals surface area (Å²) in [4.78, 5) is 10.7. The average molecular weight is 127 g/mol. The van der Waals surface area contributed by atoms with Gasteiger partial charge in [-0.25, -0.2) is 0 Å². The van der Waals surface area contributed by atoms with Crippen molar-refractivity contribution in [1.82, 2.24) is 0 Å². The molecule has 1 aliphatic carbocycles. The van der Waals surface area contributed by atoms with Crippen LogP contribution in [-0.2, 0) is 9.53 Å². The Morgan fingerprint density at radius 1 is 1.56 bits per heavy atom. The molecule has 1 saturated carbocycles. The molecular formula is C6H9NO2. The van der Waals surface area contributed by atoms with E-state index in [-0.39, 0.29) is 24.0 Å². The van der Waals surface area contributed by atoms with Gasteiger partial charge in [-0.15, -0.1) is 0 Å². The maximum absolute atomic E-state index is 10.7. The van der Waals surface area contributed by atoms with Gasteiger partial charge in [0.2, 0.25) is 0 Å². The van der Waals surface area contributed by atoms with Crippen LogP contribution in [0.2, 0.25) is 0 Å². The first-order chi connectivity index (χ1) is 4.27. The van der Waals surface area contributed by atoms with E-state index in [1.54, 1.807) is 0 Å². The quantitative estimate of drug-likeness (QED) is 0.452. The summed E-state index contributed by atoms with van der Waals surface area (Å²) >= 11 is 0. The zero-order valence-electron chi connectivity index (χ0n) is 5.04. The Labute approximate surface area is 53.2 Å². The van der Waals surface area contributed by atoms with Gasteiger partial charge in [-0.3, -0.25) is 4.79 Å². The summed E-state index contributed by atoms with van der Waals surface area (Å²) in [5, 5.41) is 0. The van der Waals surface area contributed by atoms with E-state index >= 15 is 0 Å². The van der Waals surface area contributed by atoms with E-state index in [1.165, 1.54) is 0 Å². The molecule has 3 atom stereocenters. The normalized spacial score (nSPS) is 47.7. The third kappa shape index (κ3) is 0.580. The van der Waals surface area contributed by atoms with Crippen LogP contribution in [-0.4, -0.2) is 18.1 Å². The van der Waals surface area contributed by atoms with Crippen molar-refractivity contribution < 1.29 is 9.53 Å². The lowest BCUT2D eigenvalue weighted by Gasteiger charge is -2.15. The molecule has 1 saturated heterocycles. The fourth-order valence-electron chi connectivity index (χ4n) is 1.64. The monoisotopic (exact) mass is 127 g/mol. The van der Waals surface area contributed by atoms with Crippen LogP contribution in [0.1, 0.15) is 12.8 Å². The Kier molecular flexibility index (Phi) is 0.858. The van der Waals surface area contributed by atoms with Gasteiger partial charge in [-0.1, -0.05) is 0 Å². The molecule has 0 aromatic rings. The van der Waals surface area contributed by atoms with Gasteiger partial charge in [0.15, 0.2) is 0 Å². The topological polar surface area (TPSA) is 52.3 Å². The van der Waals surface area contributed by atoms with Crippen LogP contribution in [0, 0.1) is 5.92 Å². The SMILES string of the molecule is NC1CC2CC1C(=O)O2. The van der Waals surface area contributed by atoms with Crippen LogP contribution in [0.3, 0.4) is 0 Å². The Hall–Kier alpha value is -0.570. The number of fused-ring (bicyclic) bond motifs is 2. The summed E-state index contributed by atoms with van der Waals surface area (Å²) in [5.41, 5.74) is 5.61. The lowest BCUT2D eigenvalue weighted by Crippen LogP contribution is -2.34. The molecule has 2 bridgehead atoms.